The van der Waals surface area contributed by atoms with Crippen molar-refractivity contribution in [3.63, 3.8) is 0 Å². The fourth-order valence-corrected chi connectivity index (χ4v) is 1.73. The van der Waals surface area contributed by atoms with Gasteiger partial charge in [0.15, 0.2) is 0 Å². The fraction of sp³-hybridized carbons (Fsp3) is 0. The van der Waals surface area contributed by atoms with Crippen molar-refractivity contribution >= 4 is 23.8 Å². The van der Waals surface area contributed by atoms with E-state index in [2.05, 4.69) is 18.2 Å². The number of rotatable bonds is 4. The van der Waals surface area contributed by atoms with E-state index in [1.54, 1.807) is 0 Å². The van der Waals surface area contributed by atoms with E-state index in [9.17, 15) is 0 Å². The number of halogens is 1. The van der Waals surface area contributed by atoms with Crippen molar-refractivity contribution in [3.8, 4) is 0 Å². The smallest absolute Gasteiger partial charge is 0.0406 e. The summed E-state index contributed by atoms with van der Waals surface area (Å²) in [7, 11) is 0. The zero-order chi connectivity index (χ0) is 13.3. The predicted octanol–water partition coefficient (Wildman–Crippen LogP) is 5.62. The van der Waals surface area contributed by atoms with Gasteiger partial charge in [-0.25, -0.2) is 0 Å². The van der Waals surface area contributed by atoms with Gasteiger partial charge >= 0.3 is 0 Å². The molecule has 1 heteroatoms. The van der Waals surface area contributed by atoms with Crippen LogP contribution in [0.15, 0.2) is 78.9 Å². The predicted molar refractivity (Wildman–Crippen MR) is 85.1 cm³/mol. The summed E-state index contributed by atoms with van der Waals surface area (Å²) >= 11 is 5.83. The minimum Gasteiger partial charge on any atom is -0.0843 e. The molecule has 0 aromatic heterocycles. The highest BCUT2D eigenvalue weighted by molar-refractivity contribution is 6.30. The van der Waals surface area contributed by atoms with E-state index in [0.717, 1.165) is 10.6 Å². The van der Waals surface area contributed by atoms with Crippen molar-refractivity contribution in [2.45, 2.75) is 0 Å². The highest BCUT2D eigenvalue weighted by atomic mass is 35.5. The van der Waals surface area contributed by atoms with E-state index in [1.165, 1.54) is 5.56 Å². The molecule has 0 saturated heterocycles. The number of hydrogen-bond acceptors (Lipinski definition) is 0. The normalized spacial score (nSPS) is 11.8. The lowest BCUT2D eigenvalue weighted by Gasteiger charge is -1.91. The van der Waals surface area contributed by atoms with Crippen LogP contribution in [-0.2, 0) is 0 Å². The zero-order valence-electron chi connectivity index (χ0n) is 10.5. The molecule has 0 spiro atoms. The average Bonchev–Trinajstić information content (AvgIpc) is 2.46. The molecule has 2 aromatic carbocycles. The third kappa shape index (κ3) is 4.99. The van der Waals surface area contributed by atoms with Gasteiger partial charge in [0.05, 0.1) is 0 Å². The van der Waals surface area contributed by atoms with Crippen LogP contribution in [0.3, 0.4) is 0 Å². The third-order valence-corrected chi connectivity index (χ3v) is 2.83. The summed E-state index contributed by atoms with van der Waals surface area (Å²) in [5.74, 6) is 0. The Balaban J connectivity index is 1.87. The standard InChI is InChI=1S/C18H15Cl/c19-18-14-12-17(13-15-18)11-5-2-1-4-8-16-9-6-3-7-10-16/h1-15H. The number of benzene rings is 2. The van der Waals surface area contributed by atoms with Crippen molar-refractivity contribution in [2.75, 3.05) is 0 Å². The molecule has 0 bridgehead atoms. The van der Waals surface area contributed by atoms with E-state index in [0.29, 0.717) is 0 Å². The van der Waals surface area contributed by atoms with Gasteiger partial charge in [-0.2, -0.15) is 0 Å². The van der Waals surface area contributed by atoms with Gasteiger partial charge in [0, 0.05) is 5.02 Å². The summed E-state index contributed by atoms with van der Waals surface area (Å²) in [5, 5.41) is 0.762. The molecule has 0 heterocycles. The quantitative estimate of drug-likeness (QED) is 0.630. The maximum atomic E-state index is 5.83. The molecule has 0 saturated carbocycles. The van der Waals surface area contributed by atoms with E-state index in [4.69, 9.17) is 11.6 Å². The maximum absolute atomic E-state index is 5.83. The van der Waals surface area contributed by atoms with Gasteiger partial charge in [-0.3, -0.25) is 0 Å². The van der Waals surface area contributed by atoms with Gasteiger partial charge < -0.3 is 0 Å². The van der Waals surface area contributed by atoms with Crippen LogP contribution in [0.25, 0.3) is 12.2 Å². The molecule has 19 heavy (non-hydrogen) atoms. The Labute approximate surface area is 119 Å². The van der Waals surface area contributed by atoms with Crippen molar-refractivity contribution in [3.05, 3.63) is 95.1 Å². The number of allylic oxidation sites excluding steroid dienone is 4. The molecule has 0 aliphatic carbocycles. The summed E-state index contributed by atoms with van der Waals surface area (Å²) in [6.45, 7) is 0. The minimum atomic E-state index is 0.762. The number of hydrogen-bond donors (Lipinski definition) is 0. The Morgan fingerprint density at radius 1 is 0.579 bits per heavy atom. The lowest BCUT2D eigenvalue weighted by Crippen LogP contribution is -1.69. The lowest BCUT2D eigenvalue weighted by atomic mass is 10.2. The van der Waals surface area contributed by atoms with E-state index >= 15 is 0 Å². The van der Waals surface area contributed by atoms with Crippen LogP contribution in [0, 0.1) is 0 Å². The topological polar surface area (TPSA) is 0 Å². The Kier molecular flexibility index (Phi) is 5.21. The van der Waals surface area contributed by atoms with Gasteiger partial charge in [0.1, 0.15) is 0 Å². The molecular weight excluding hydrogens is 252 g/mol. The first-order chi connectivity index (χ1) is 9.34. The van der Waals surface area contributed by atoms with Gasteiger partial charge in [-0.1, -0.05) is 90.5 Å². The van der Waals surface area contributed by atoms with Crippen LogP contribution < -0.4 is 0 Å². The molecule has 0 N–H and O–H groups in total. The molecule has 94 valence electrons. The van der Waals surface area contributed by atoms with Gasteiger partial charge in [0.25, 0.3) is 0 Å². The monoisotopic (exact) mass is 266 g/mol. The first-order valence-electron chi connectivity index (χ1n) is 6.17. The molecule has 0 fully saturated rings. The van der Waals surface area contributed by atoms with Gasteiger partial charge in [-0.15, -0.1) is 0 Å². The molecular formula is C18H15Cl. The summed E-state index contributed by atoms with van der Waals surface area (Å²) < 4.78 is 0. The Morgan fingerprint density at radius 3 is 1.68 bits per heavy atom. The Hall–Kier alpha value is -2.05. The van der Waals surface area contributed by atoms with Crippen LogP contribution in [0.2, 0.25) is 5.02 Å². The first-order valence-corrected chi connectivity index (χ1v) is 6.54. The van der Waals surface area contributed by atoms with Gasteiger partial charge in [-0.05, 0) is 23.3 Å². The van der Waals surface area contributed by atoms with Crippen molar-refractivity contribution in [2.24, 2.45) is 0 Å². The molecule has 0 unspecified atom stereocenters. The van der Waals surface area contributed by atoms with Crippen LogP contribution in [0.5, 0.6) is 0 Å². The summed E-state index contributed by atoms with van der Waals surface area (Å²) in [6, 6.07) is 18.0. The SMILES string of the molecule is Clc1ccc(C=CC=CC=Cc2ccccc2)cc1. The van der Waals surface area contributed by atoms with Crippen LogP contribution in [-0.4, -0.2) is 0 Å². The largest absolute Gasteiger partial charge is 0.0843 e. The highest BCUT2D eigenvalue weighted by Crippen LogP contribution is 2.10. The van der Waals surface area contributed by atoms with Crippen LogP contribution >= 0.6 is 11.6 Å². The second kappa shape index (κ2) is 7.40. The first kappa shape index (κ1) is 13.4. The molecule has 0 aliphatic heterocycles. The second-order valence-electron chi connectivity index (χ2n) is 4.07. The van der Waals surface area contributed by atoms with Gasteiger partial charge in [0.2, 0.25) is 0 Å². The van der Waals surface area contributed by atoms with E-state index < -0.39 is 0 Å². The van der Waals surface area contributed by atoms with Crippen molar-refractivity contribution < 1.29 is 0 Å². The summed E-state index contributed by atoms with van der Waals surface area (Å²) in [4.78, 5) is 0. The highest BCUT2D eigenvalue weighted by Gasteiger charge is 1.85. The molecule has 2 aromatic rings. The Bertz CT molecular complexity index is 575. The minimum absolute atomic E-state index is 0.762. The molecule has 0 aliphatic rings. The molecule has 2 rings (SSSR count). The van der Waals surface area contributed by atoms with Crippen LogP contribution in [0.4, 0.5) is 0 Å². The average molecular weight is 267 g/mol. The summed E-state index contributed by atoms with van der Waals surface area (Å²) in [5.41, 5.74) is 2.34. The van der Waals surface area contributed by atoms with Crippen LogP contribution in [0.1, 0.15) is 11.1 Å². The van der Waals surface area contributed by atoms with E-state index in [-0.39, 0.29) is 0 Å². The zero-order valence-corrected chi connectivity index (χ0v) is 11.3. The van der Waals surface area contributed by atoms with Crippen molar-refractivity contribution in [1.29, 1.82) is 0 Å². The maximum Gasteiger partial charge on any atom is 0.0406 e. The van der Waals surface area contributed by atoms with Crippen molar-refractivity contribution in [1.82, 2.24) is 0 Å². The Morgan fingerprint density at radius 2 is 1.11 bits per heavy atom. The molecule has 0 amide bonds. The van der Waals surface area contributed by atoms with E-state index in [1.807, 2.05) is 72.8 Å². The third-order valence-electron chi connectivity index (χ3n) is 2.58. The molecule has 0 radical (unpaired) electrons. The molecule has 0 nitrogen and oxygen atoms in total. The fourth-order valence-electron chi connectivity index (χ4n) is 1.60. The second-order valence-corrected chi connectivity index (χ2v) is 4.50. The molecule has 0 atom stereocenters. The summed E-state index contributed by atoms with van der Waals surface area (Å²) in [6.07, 6.45) is 12.2. The lowest BCUT2D eigenvalue weighted by molar-refractivity contribution is 1.65.